The van der Waals surface area contributed by atoms with Crippen LogP contribution in [0.5, 0.6) is 0 Å². The summed E-state index contributed by atoms with van der Waals surface area (Å²) >= 11 is 0. The summed E-state index contributed by atoms with van der Waals surface area (Å²) in [5.74, 6) is 0.239. The smallest absolute Gasteiger partial charge is 0.317 e. The largest absolute Gasteiger partial charge is 0.338 e. The molecule has 0 aliphatic carbocycles. The fourth-order valence-electron chi connectivity index (χ4n) is 3.81. The Morgan fingerprint density at radius 2 is 1.96 bits per heavy atom. The predicted molar refractivity (Wildman–Crippen MR) is 91.2 cm³/mol. The van der Waals surface area contributed by atoms with Gasteiger partial charge < -0.3 is 15.1 Å². The van der Waals surface area contributed by atoms with Crippen molar-refractivity contribution in [2.45, 2.75) is 39.2 Å². The molecule has 6 nitrogen and oxygen atoms in total. The van der Waals surface area contributed by atoms with Gasteiger partial charge in [0, 0.05) is 51.5 Å². The standard InChI is InChI=1S/C18H26N4O2/c1-2-20-17(24)21-11-7-18(8-12-21)6-3-16(23)22(14-18)13-15-4-9-19-10-5-15/h4-5,9-10H,2-3,6-8,11-14H2,1H3,(H,20,24). The molecule has 0 bridgehead atoms. The molecule has 2 saturated heterocycles. The van der Waals surface area contributed by atoms with Crippen molar-refractivity contribution in [1.29, 1.82) is 0 Å². The van der Waals surface area contributed by atoms with Gasteiger partial charge in [-0.3, -0.25) is 9.78 Å². The van der Waals surface area contributed by atoms with Crippen molar-refractivity contribution < 1.29 is 9.59 Å². The van der Waals surface area contributed by atoms with E-state index in [1.165, 1.54) is 0 Å². The molecule has 3 rings (SSSR count). The van der Waals surface area contributed by atoms with Gasteiger partial charge in [0.15, 0.2) is 0 Å². The van der Waals surface area contributed by atoms with E-state index < -0.39 is 0 Å². The van der Waals surface area contributed by atoms with Gasteiger partial charge >= 0.3 is 6.03 Å². The number of pyridine rings is 1. The zero-order chi connectivity index (χ0) is 17.0. The fourth-order valence-corrected chi connectivity index (χ4v) is 3.81. The maximum Gasteiger partial charge on any atom is 0.317 e. The molecular formula is C18H26N4O2. The number of hydrogen-bond acceptors (Lipinski definition) is 3. The first-order chi connectivity index (χ1) is 11.6. The van der Waals surface area contributed by atoms with Crippen molar-refractivity contribution in [3.8, 4) is 0 Å². The Bertz CT molecular complexity index is 582. The van der Waals surface area contributed by atoms with Crippen LogP contribution in [0, 0.1) is 5.41 Å². The molecule has 0 aromatic carbocycles. The molecule has 0 saturated carbocycles. The van der Waals surface area contributed by atoms with Gasteiger partial charge in [-0.1, -0.05) is 0 Å². The lowest BCUT2D eigenvalue weighted by atomic mass is 9.72. The second-order valence-electron chi connectivity index (χ2n) is 6.93. The van der Waals surface area contributed by atoms with Crippen LogP contribution in [0.2, 0.25) is 0 Å². The number of carbonyl (C=O) groups is 2. The molecule has 130 valence electrons. The van der Waals surface area contributed by atoms with E-state index in [0.717, 1.165) is 44.5 Å². The highest BCUT2D eigenvalue weighted by molar-refractivity contribution is 5.77. The summed E-state index contributed by atoms with van der Waals surface area (Å²) in [4.78, 5) is 32.2. The Morgan fingerprint density at radius 3 is 2.62 bits per heavy atom. The van der Waals surface area contributed by atoms with Crippen molar-refractivity contribution in [1.82, 2.24) is 20.1 Å². The molecule has 2 aliphatic rings. The highest BCUT2D eigenvalue weighted by Crippen LogP contribution is 2.40. The number of aromatic nitrogens is 1. The Hall–Kier alpha value is -2.11. The van der Waals surface area contributed by atoms with Gasteiger partial charge in [0.1, 0.15) is 0 Å². The number of amides is 3. The maximum atomic E-state index is 12.3. The van der Waals surface area contributed by atoms with Crippen LogP contribution in [0.1, 0.15) is 38.2 Å². The molecule has 3 heterocycles. The molecule has 2 aliphatic heterocycles. The van der Waals surface area contributed by atoms with Gasteiger partial charge in [0.05, 0.1) is 0 Å². The second kappa shape index (κ2) is 7.20. The van der Waals surface area contributed by atoms with E-state index in [2.05, 4.69) is 10.3 Å². The lowest BCUT2D eigenvalue weighted by Crippen LogP contribution is -2.53. The minimum absolute atomic E-state index is 0.0351. The number of nitrogens with zero attached hydrogens (tertiary/aromatic N) is 3. The van der Waals surface area contributed by atoms with E-state index in [9.17, 15) is 9.59 Å². The Morgan fingerprint density at radius 1 is 1.25 bits per heavy atom. The Labute approximate surface area is 143 Å². The van der Waals surface area contributed by atoms with Crippen molar-refractivity contribution in [3.05, 3.63) is 30.1 Å². The van der Waals surface area contributed by atoms with Gasteiger partial charge in [-0.05, 0) is 49.3 Å². The molecule has 1 aromatic heterocycles. The van der Waals surface area contributed by atoms with Crippen molar-refractivity contribution in [3.63, 3.8) is 0 Å². The zero-order valence-electron chi connectivity index (χ0n) is 14.3. The molecule has 6 heteroatoms. The Kier molecular flexibility index (Phi) is 5.02. The number of hydrogen-bond donors (Lipinski definition) is 1. The van der Waals surface area contributed by atoms with E-state index in [1.54, 1.807) is 12.4 Å². The van der Waals surface area contributed by atoms with Gasteiger partial charge in [-0.25, -0.2) is 4.79 Å². The van der Waals surface area contributed by atoms with E-state index >= 15 is 0 Å². The third kappa shape index (κ3) is 3.68. The normalized spacial score (nSPS) is 20.3. The molecule has 0 atom stereocenters. The van der Waals surface area contributed by atoms with Crippen LogP contribution in [0.25, 0.3) is 0 Å². The fraction of sp³-hybridized carbons (Fsp3) is 0.611. The molecule has 0 radical (unpaired) electrons. The Balaban J connectivity index is 1.61. The summed E-state index contributed by atoms with van der Waals surface area (Å²) < 4.78 is 0. The lowest BCUT2D eigenvalue weighted by Gasteiger charge is -2.47. The molecule has 2 fully saturated rings. The molecule has 24 heavy (non-hydrogen) atoms. The van der Waals surface area contributed by atoms with Gasteiger partial charge in [-0.15, -0.1) is 0 Å². The van der Waals surface area contributed by atoms with Crippen LogP contribution in [0.15, 0.2) is 24.5 Å². The summed E-state index contributed by atoms with van der Waals surface area (Å²) in [6, 6.07) is 3.96. The molecule has 1 N–H and O–H groups in total. The lowest BCUT2D eigenvalue weighted by molar-refractivity contribution is -0.139. The number of nitrogens with one attached hydrogen (secondary N) is 1. The van der Waals surface area contributed by atoms with Crippen LogP contribution >= 0.6 is 0 Å². The number of rotatable bonds is 3. The summed E-state index contributed by atoms with van der Waals surface area (Å²) in [7, 11) is 0. The van der Waals surface area contributed by atoms with Gasteiger partial charge in [0.2, 0.25) is 5.91 Å². The first-order valence-electron chi connectivity index (χ1n) is 8.81. The summed E-state index contributed by atoms with van der Waals surface area (Å²) in [6.07, 6.45) is 7.05. The monoisotopic (exact) mass is 330 g/mol. The highest BCUT2D eigenvalue weighted by Gasteiger charge is 2.41. The minimum Gasteiger partial charge on any atom is -0.338 e. The van der Waals surface area contributed by atoms with Crippen LogP contribution in [0.3, 0.4) is 0 Å². The summed E-state index contributed by atoms with van der Waals surface area (Å²) in [6.45, 7) is 5.62. The third-order valence-corrected chi connectivity index (χ3v) is 5.31. The SMILES string of the molecule is CCNC(=O)N1CCC2(CCC(=O)N(Cc3ccncc3)C2)CC1. The predicted octanol–water partition coefficient (Wildman–Crippen LogP) is 2.02. The van der Waals surface area contributed by atoms with E-state index in [4.69, 9.17) is 0 Å². The quantitative estimate of drug-likeness (QED) is 0.922. The highest BCUT2D eigenvalue weighted by atomic mass is 16.2. The summed E-state index contributed by atoms with van der Waals surface area (Å²) in [5, 5.41) is 2.87. The number of carbonyl (C=O) groups excluding carboxylic acids is 2. The maximum absolute atomic E-state index is 12.3. The summed E-state index contributed by atoms with van der Waals surface area (Å²) in [5.41, 5.74) is 1.29. The van der Waals surface area contributed by atoms with E-state index in [-0.39, 0.29) is 17.4 Å². The molecular weight excluding hydrogens is 304 g/mol. The van der Waals surface area contributed by atoms with Crippen LogP contribution in [-0.2, 0) is 11.3 Å². The third-order valence-electron chi connectivity index (χ3n) is 5.31. The molecule has 0 unspecified atom stereocenters. The van der Waals surface area contributed by atoms with Crippen LogP contribution in [-0.4, -0.2) is 52.9 Å². The second-order valence-corrected chi connectivity index (χ2v) is 6.93. The topological polar surface area (TPSA) is 65.5 Å². The first kappa shape index (κ1) is 16.7. The molecule has 1 spiro atoms. The minimum atomic E-state index is 0.0351. The molecule has 3 amide bonds. The number of piperidine rings is 2. The van der Waals surface area contributed by atoms with E-state index in [1.807, 2.05) is 28.9 Å². The van der Waals surface area contributed by atoms with Crippen molar-refractivity contribution >= 4 is 11.9 Å². The van der Waals surface area contributed by atoms with Crippen molar-refractivity contribution in [2.24, 2.45) is 5.41 Å². The van der Waals surface area contributed by atoms with Crippen LogP contribution < -0.4 is 5.32 Å². The van der Waals surface area contributed by atoms with E-state index in [0.29, 0.717) is 19.5 Å². The van der Waals surface area contributed by atoms with Crippen molar-refractivity contribution in [2.75, 3.05) is 26.2 Å². The number of urea groups is 1. The van der Waals surface area contributed by atoms with Gasteiger partial charge in [-0.2, -0.15) is 0 Å². The van der Waals surface area contributed by atoms with Gasteiger partial charge in [0.25, 0.3) is 0 Å². The average molecular weight is 330 g/mol. The van der Waals surface area contributed by atoms with Crippen LogP contribution in [0.4, 0.5) is 4.79 Å². The first-order valence-corrected chi connectivity index (χ1v) is 8.81. The molecule has 1 aromatic rings. The number of likely N-dealkylation sites (tertiary alicyclic amines) is 2. The zero-order valence-corrected chi connectivity index (χ0v) is 14.3. The average Bonchev–Trinajstić information content (AvgIpc) is 2.60.